The standard InChI is InChI=1S/C16H21N3O6S/c1-17-16(22)18-14(20)11-25-15(21)12-5-7-13(8-6-12)26(23,24)19-9-3-2-4-10-19/h5-8H,2-4,9-11H2,1H3,(H2,17,18,20,22). The number of carbonyl (C=O) groups excluding carboxylic acids is 3. The number of benzene rings is 1. The van der Waals surface area contributed by atoms with Crippen LogP contribution in [-0.2, 0) is 19.6 Å². The predicted molar refractivity (Wildman–Crippen MR) is 91.9 cm³/mol. The van der Waals surface area contributed by atoms with E-state index in [0.717, 1.165) is 19.3 Å². The zero-order chi connectivity index (χ0) is 19.2. The molecule has 0 unspecified atom stereocenters. The summed E-state index contributed by atoms with van der Waals surface area (Å²) in [7, 11) is -2.23. The van der Waals surface area contributed by atoms with E-state index in [2.05, 4.69) is 5.32 Å². The van der Waals surface area contributed by atoms with E-state index in [4.69, 9.17) is 4.74 Å². The molecule has 0 atom stereocenters. The minimum atomic E-state index is -3.57. The van der Waals surface area contributed by atoms with Crippen LogP contribution in [0, 0.1) is 0 Å². The van der Waals surface area contributed by atoms with Crippen LogP contribution in [0.25, 0.3) is 0 Å². The number of nitrogens with one attached hydrogen (secondary N) is 2. The maximum absolute atomic E-state index is 12.5. The SMILES string of the molecule is CNC(=O)NC(=O)COC(=O)c1ccc(S(=O)(=O)N2CCCCC2)cc1. The van der Waals surface area contributed by atoms with Crippen LogP contribution in [-0.4, -0.2) is 57.4 Å². The molecular formula is C16H21N3O6S. The van der Waals surface area contributed by atoms with E-state index < -0.39 is 34.5 Å². The molecule has 2 N–H and O–H groups in total. The summed E-state index contributed by atoms with van der Waals surface area (Å²) in [4.78, 5) is 34.3. The number of carbonyl (C=O) groups is 3. The van der Waals surface area contributed by atoms with E-state index in [1.807, 2.05) is 5.32 Å². The van der Waals surface area contributed by atoms with Crippen molar-refractivity contribution < 1.29 is 27.5 Å². The Bertz CT molecular complexity index is 770. The molecule has 1 aliphatic rings. The van der Waals surface area contributed by atoms with Crippen molar-refractivity contribution in [3.8, 4) is 0 Å². The number of hydrogen-bond acceptors (Lipinski definition) is 6. The van der Waals surface area contributed by atoms with Crippen molar-refractivity contribution in [2.75, 3.05) is 26.7 Å². The van der Waals surface area contributed by atoms with Gasteiger partial charge in [-0.05, 0) is 37.1 Å². The summed E-state index contributed by atoms with van der Waals surface area (Å²) in [6.07, 6.45) is 2.69. The van der Waals surface area contributed by atoms with Gasteiger partial charge in [0.15, 0.2) is 6.61 Å². The van der Waals surface area contributed by atoms with Crippen LogP contribution >= 0.6 is 0 Å². The van der Waals surface area contributed by atoms with Gasteiger partial charge in [-0.25, -0.2) is 18.0 Å². The van der Waals surface area contributed by atoms with Gasteiger partial charge in [0.2, 0.25) is 10.0 Å². The number of imide groups is 1. The lowest BCUT2D eigenvalue weighted by Crippen LogP contribution is -2.39. The van der Waals surface area contributed by atoms with Crippen LogP contribution in [0.2, 0.25) is 0 Å². The molecule has 0 radical (unpaired) electrons. The van der Waals surface area contributed by atoms with E-state index in [1.54, 1.807) is 0 Å². The Kier molecular flexibility index (Phi) is 6.70. The number of nitrogens with zero attached hydrogens (tertiary/aromatic N) is 1. The third-order valence-electron chi connectivity index (χ3n) is 3.86. The molecule has 1 heterocycles. The molecule has 9 nitrogen and oxygen atoms in total. The van der Waals surface area contributed by atoms with Gasteiger partial charge >= 0.3 is 12.0 Å². The summed E-state index contributed by atoms with van der Waals surface area (Å²) in [5.41, 5.74) is 0.107. The maximum atomic E-state index is 12.5. The average molecular weight is 383 g/mol. The molecule has 2 rings (SSSR count). The highest BCUT2D eigenvalue weighted by atomic mass is 32.2. The molecule has 142 valence electrons. The van der Waals surface area contributed by atoms with E-state index in [1.165, 1.54) is 35.6 Å². The fourth-order valence-corrected chi connectivity index (χ4v) is 3.97. The zero-order valence-electron chi connectivity index (χ0n) is 14.4. The quantitative estimate of drug-likeness (QED) is 0.713. The topological polar surface area (TPSA) is 122 Å². The lowest BCUT2D eigenvalue weighted by Gasteiger charge is -2.25. The second kappa shape index (κ2) is 8.77. The minimum Gasteiger partial charge on any atom is -0.452 e. The van der Waals surface area contributed by atoms with Crippen LogP contribution < -0.4 is 10.6 Å². The summed E-state index contributed by atoms with van der Waals surface area (Å²) < 4.78 is 31.3. The molecule has 0 bridgehead atoms. The third kappa shape index (κ3) is 5.02. The van der Waals surface area contributed by atoms with Crippen molar-refractivity contribution in [1.29, 1.82) is 0 Å². The van der Waals surface area contributed by atoms with E-state index in [-0.39, 0.29) is 10.5 Å². The van der Waals surface area contributed by atoms with Crippen LogP contribution in [0.15, 0.2) is 29.2 Å². The monoisotopic (exact) mass is 383 g/mol. The fraction of sp³-hybridized carbons (Fsp3) is 0.438. The normalized spacial score (nSPS) is 15.1. The Hall–Kier alpha value is -2.46. The first-order chi connectivity index (χ1) is 12.3. The predicted octanol–water partition coefficient (Wildman–Crippen LogP) is 0.474. The van der Waals surface area contributed by atoms with Gasteiger partial charge in [0.05, 0.1) is 10.5 Å². The van der Waals surface area contributed by atoms with Crippen molar-refractivity contribution in [1.82, 2.24) is 14.9 Å². The first-order valence-corrected chi connectivity index (χ1v) is 9.57. The molecule has 0 spiro atoms. The summed E-state index contributed by atoms with van der Waals surface area (Å²) in [6.45, 7) is 0.360. The van der Waals surface area contributed by atoms with Gasteiger partial charge in [0, 0.05) is 20.1 Å². The van der Waals surface area contributed by atoms with Gasteiger partial charge in [-0.2, -0.15) is 4.31 Å². The number of ether oxygens (including phenoxy) is 1. The molecule has 1 fully saturated rings. The Morgan fingerprint density at radius 1 is 1.08 bits per heavy atom. The Morgan fingerprint density at radius 3 is 2.27 bits per heavy atom. The van der Waals surface area contributed by atoms with Gasteiger partial charge in [0.1, 0.15) is 0 Å². The summed E-state index contributed by atoms with van der Waals surface area (Å²) in [5.74, 6) is -1.57. The molecule has 1 aromatic rings. The Labute approximate surface area is 151 Å². The molecule has 0 saturated carbocycles. The van der Waals surface area contributed by atoms with Gasteiger partial charge in [-0.1, -0.05) is 6.42 Å². The highest BCUT2D eigenvalue weighted by molar-refractivity contribution is 7.89. The first kappa shape index (κ1) is 19.9. The van der Waals surface area contributed by atoms with Gasteiger partial charge in [-0.15, -0.1) is 0 Å². The largest absolute Gasteiger partial charge is 0.452 e. The molecule has 26 heavy (non-hydrogen) atoms. The number of rotatable bonds is 5. The number of esters is 1. The van der Waals surface area contributed by atoms with Crippen molar-refractivity contribution in [3.05, 3.63) is 29.8 Å². The van der Waals surface area contributed by atoms with Crippen molar-refractivity contribution in [3.63, 3.8) is 0 Å². The molecule has 10 heteroatoms. The molecule has 1 saturated heterocycles. The molecule has 1 aromatic carbocycles. The number of hydrogen-bond donors (Lipinski definition) is 2. The summed E-state index contributed by atoms with van der Waals surface area (Å²) in [6, 6.07) is 4.63. The second-order valence-corrected chi connectivity index (χ2v) is 7.63. The number of urea groups is 1. The van der Waals surface area contributed by atoms with Crippen LogP contribution in [0.5, 0.6) is 0 Å². The molecular weight excluding hydrogens is 362 g/mol. The van der Waals surface area contributed by atoms with Crippen molar-refractivity contribution in [2.45, 2.75) is 24.2 Å². The molecule has 3 amide bonds. The summed E-state index contributed by atoms with van der Waals surface area (Å²) >= 11 is 0. The highest BCUT2D eigenvalue weighted by Crippen LogP contribution is 2.21. The summed E-state index contributed by atoms with van der Waals surface area (Å²) in [5, 5.41) is 4.14. The van der Waals surface area contributed by atoms with Gasteiger partial charge in [-0.3, -0.25) is 10.1 Å². The Balaban J connectivity index is 1.96. The minimum absolute atomic E-state index is 0.105. The van der Waals surface area contributed by atoms with Gasteiger partial charge < -0.3 is 10.1 Å². The number of piperidine rings is 1. The lowest BCUT2D eigenvalue weighted by atomic mass is 10.2. The number of sulfonamides is 1. The number of amides is 3. The van der Waals surface area contributed by atoms with Gasteiger partial charge in [0.25, 0.3) is 5.91 Å². The average Bonchev–Trinajstić information content (AvgIpc) is 2.66. The van der Waals surface area contributed by atoms with Crippen LogP contribution in [0.1, 0.15) is 29.6 Å². The zero-order valence-corrected chi connectivity index (χ0v) is 15.2. The van der Waals surface area contributed by atoms with E-state index >= 15 is 0 Å². The highest BCUT2D eigenvalue weighted by Gasteiger charge is 2.26. The van der Waals surface area contributed by atoms with E-state index in [9.17, 15) is 22.8 Å². The Morgan fingerprint density at radius 2 is 1.69 bits per heavy atom. The fourth-order valence-electron chi connectivity index (χ4n) is 2.46. The van der Waals surface area contributed by atoms with Crippen molar-refractivity contribution in [2.24, 2.45) is 0 Å². The van der Waals surface area contributed by atoms with Crippen molar-refractivity contribution >= 4 is 27.9 Å². The lowest BCUT2D eigenvalue weighted by molar-refractivity contribution is -0.123. The molecule has 1 aliphatic heterocycles. The molecule has 0 aromatic heterocycles. The molecule has 0 aliphatic carbocycles. The van der Waals surface area contributed by atoms with Crippen LogP contribution in [0.4, 0.5) is 4.79 Å². The van der Waals surface area contributed by atoms with Crippen LogP contribution in [0.3, 0.4) is 0 Å². The maximum Gasteiger partial charge on any atom is 0.338 e. The smallest absolute Gasteiger partial charge is 0.338 e. The van der Waals surface area contributed by atoms with E-state index in [0.29, 0.717) is 13.1 Å². The second-order valence-electron chi connectivity index (χ2n) is 5.69. The third-order valence-corrected chi connectivity index (χ3v) is 5.77. The first-order valence-electron chi connectivity index (χ1n) is 8.13.